The molecule has 1 saturated carbocycles. The molecule has 0 unspecified atom stereocenters. The minimum Gasteiger partial charge on any atom is -0.299 e. The summed E-state index contributed by atoms with van der Waals surface area (Å²) >= 11 is 0. The van der Waals surface area contributed by atoms with Crippen molar-refractivity contribution in [3.05, 3.63) is 33.4 Å². The van der Waals surface area contributed by atoms with Gasteiger partial charge in [0.1, 0.15) is 11.6 Å². The van der Waals surface area contributed by atoms with Gasteiger partial charge in [-0.3, -0.25) is 14.4 Å². The fraction of sp³-hybridized carbons (Fsp3) is 0.500. The van der Waals surface area contributed by atoms with Gasteiger partial charge in [-0.05, 0) is 68.4 Å². The lowest BCUT2D eigenvalue weighted by molar-refractivity contribution is -0.130. The van der Waals surface area contributed by atoms with Crippen LogP contribution in [-0.4, -0.2) is 17.3 Å². The summed E-state index contributed by atoms with van der Waals surface area (Å²) in [7, 11) is 0. The average molecular weight is 286 g/mol. The van der Waals surface area contributed by atoms with Gasteiger partial charge in [-0.1, -0.05) is 0 Å². The Labute approximate surface area is 125 Å². The van der Waals surface area contributed by atoms with E-state index in [4.69, 9.17) is 0 Å². The van der Waals surface area contributed by atoms with Crippen LogP contribution in [0.15, 0.2) is 0 Å². The molecular weight excluding hydrogens is 264 g/mol. The summed E-state index contributed by atoms with van der Waals surface area (Å²) in [5.41, 5.74) is 5.93. The standard InChI is InChI=1S/C18H22O3/c1-9-10(2)17(13(5)19)12(4)18(11(9)3)14-6-15(20)8-16(21)7-14/h14H,6-8H2,1-5H3. The Bertz CT molecular complexity index is 637. The van der Waals surface area contributed by atoms with E-state index in [1.54, 1.807) is 6.92 Å². The molecule has 2 rings (SSSR count). The van der Waals surface area contributed by atoms with Gasteiger partial charge >= 0.3 is 0 Å². The Kier molecular flexibility index (Phi) is 4.13. The molecule has 0 saturated heterocycles. The molecule has 1 aromatic rings. The van der Waals surface area contributed by atoms with E-state index in [2.05, 4.69) is 0 Å². The molecule has 1 aliphatic rings. The van der Waals surface area contributed by atoms with Gasteiger partial charge < -0.3 is 0 Å². The maximum absolute atomic E-state index is 12.0. The Hall–Kier alpha value is -1.77. The van der Waals surface area contributed by atoms with Crippen molar-refractivity contribution in [2.75, 3.05) is 0 Å². The van der Waals surface area contributed by atoms with E-state index < -0.39 is 0 Å². The zero-order chi connectivity index (χ0) is 15.9. The molecule has 0 aromatic heterocycles. The molecule has 0 bridgehead atoms. The maximum atomic E-state index is 12.0. The lowest BCUT2D eigenvalue weighted by Crippen LogP contribution is -2.23. The van der Waals surface area contributed by atoms with Crippen LogP contribution in [0.3, 0.4) is 0 Å². The van der Waals surface area contributed by atoms with Gasteiger partial charge in [0, 0.05) is 18.4 Å². The first-order valence-electron chi connectivity index (χ1n) is 7.38. The largest absolute Gasteiger partial charge is 0.299 e. The molecule has 112 valence electrons. The third kappa shape index (κ3) is 2.69. The Morgan fingerprint density at radius 2 is 1.38 bits per heavy atom. The second-order valence-corrected chi connectivity index (χ2v) is 6.20. The zero-order valence-electron chi connectivity index (χ0n) is 13.4. The van der Waals surface area contributed by atoms with Gasteiger partial charge in [0.25, 0.3) is 0 Å². The molecule has 1 fully saturated rings. The van der Waals surface area contributed by atoms with Gasteiger partial charge in [-0.25, -0.2) is 0 Å². The van der Waals surface area contributed by atoms with Crippen LogP contribution in [0.4, 0.5) is 0 Å². The van der Waals surface area contributed by atoms with Crippen molar-refractivity contribution in [1.29, 1.82) is 0 Å². The lowest BCUT2D eigenvalue weighted by Gasteiger charge is -2.27. The van der Waals surface area contributed by atoms with Crippen LogP contribution < -0.4 is 0 Å². The van der Waals surface area contributed by atoms with E-state index in [-0.39, 0.29) is 29.7 Å². The molecule has 0 heterocycles. The van der Waals surface area contributed by atoms with Crippen molar-refractivity contribution in [2.45, 2.75) is 59.8 Å². The molecule has 0 atom stereocenters. The third-order valence-electron chi connectivity index (χ3n) is 4.79. The van der Waals surface area contributed by atoms with E-state index in [0.29, 0.717) is 12.8 Å². The highest BCUT2D eigenvalue weighted by atomic mass is 16.1. The van der Waals surface area contributed by atoms with E-state index in [1.807, 2.05) is 27.7 Å². The molecule has 3 heteroatoms. The van der Waals surface area contributed by atoms with Crippen LogP contribution in [0.5, 0.6) is 0 Å². The topological polar surface area (TPSA) is 51.2 Å². The van der Waals surface area contributed by atoms with Crippen LogP contribution in [0.2, 0.25) is 0 Å². The monoisotopic (exact) mass is 286 g/mol. The van der Waals surface area contributed by atoms with E-state index in [9.17, 15) is 14.4 Å². The minimum atomic E-state index is -0.0730. The summed E-state index contributed by atoms with van der Waals surface area (Å²) in [6.45, 7) is 9.51. The quantitative estimate of drug-likeness (QED) is 0.617. The van der Waals surface area contributed by atoms with E-state index >= 15 is 0 Å². The highest BCUT2D eigenvalue weighted by molar-refractivity contribution is 6.03. The first-order chi connectivity index (χ1) is 9.73. The van der Waals surface area contributed by atoms with Crippen LogP contribution >= 0.6 is 0 Å². The minimum absolute atomic E-state index is 0.0117. The van der Waals surface area contributed by atoms with Crippen molar-refractivity contribution in [3.8, 4) is 0 Å². The Morgan fingerprint density at radius 3 is 1.86 bits per heavy atom. The molecular formula is C18H22O3. The van der Waals surface area contributed by atoms with Gasteiger partial charge in [0.05, 0.1) is 6.42 Å². The second kappa shape index (κ2) is 5.55. The van der Waals surface area contributed by atoms with Crippen molar-refractivity contribution in [3.63, 3.8) is 0 Å². The SMILES string of the molecule is CC(=O)c1c(C)c(C)c(C)c(C2CC(=O)CC(=O)C2)c1C. The number of benzene rings is 1. The van der Waals surface area contributed by atoms with Crippen molar-refractivity contribution in [2.24, 2.45) is 0 Å². The highest BCUT2D eigenvalue weighted by Crippen LogP contribution is 2.37. The van der Waals surface area contributed by atoms with Gasteiger partial charge in [-0.2, -0.15) is 0 Å². The van der Waals surface area contributed by atoms with Crippen LogP contribution in [-0.2, 0) is 9.59 Å². The molecule has 3 nitrogen and oxygen atoms in total. The number of rotatable bonds is 2. The average Bonchev–Trinajstić information content (AvgIpc) is 2.34. The van der Waals surface area contributed by atoms with Crippen molar-refractivity contribution < 1.29 is 14.4 Å². The van der Waals surface area contributed by atoms with Crippen molar-refractivity contribution >= 4 is 17.3 Å². The summed E-state index contributed by atoms with van der Waals surface area (Å²) < 4.78 is 0. The number of hydrogen-bond donors (Lipinski definition) is 0. The van der Waals surface area contributed by atoms with Crippen LogP contribution in [0.1, 0.15) is 70.3 Å². The number of Topliss-reactive ketones (excluding diaryl/α,β-unsaturated/α-hetero) is 3. The normalized spacial score (nSPS) is 16.4. The predicted molar refractivity (Wildman–Crippen MR) is 82.0 cm³/mol. The summed E-state index contributed by atoms with van der Waals surface area (Å²) in [6, 6.07) is 0. The van der Waals surface area contributed by atoms with E-state index in [1.165, 1.54) is 0 Å². The number of hydrogen-bond acceptors (Lipinski definition) is 3. The molecule has 1 aliphatic carbocycles. The molecule has 0 N–H and O–H groups in total. The molecule has 0 amide bonds. The summed E-state index contributed by atoms with van der Waals surface area (Å²) in [4.78, 5) is 35.5. The first kappa shape index (κ1) is 15.6. The third-order valence-corrected chi connectivity index (χ3v) is 4.79. The Balaban J connectivity index is 2.66. The molecule has 21 heavy (non-hydrogen) atoms. The predicted octanol–water partition coefficient (Wildman–Crippen LogP) is 3.53. The van der Waals surface area contributed by atoms with Crippen LogP contribution in [0.25, 0.3) is 0 Å². The number of ketones is 3. The lowest BCUT2D eigenvalue weighted by atomic mass is 9.76. The smallest absolute Gasteiger partial charge is 0.160 e. The van der Waals surface area contributed by atoms with Gasteiger partial charge in [0.2, 0.25) is 0 Å². The second-order valence-electron chi connectivity index (χ2n) is 6.20. The maximum Gasteiger partial charge on any atom is 0.160 e. The highest BCUT2D eigenvalue weighted by Gasteiger charge is 2.30. The number of carbonyl (C=O) groups excluding carboxylic acids is 3. The van der Waals surface area contributed by atoms with Gasteiger partial charge in [0.15, 0.2) is 5.78 Å². The molecule has 0 spiro atoms. The van der Waals surface area contributed by atoms with Gasteiger partial charge in [-0.15, -0.1) is 0 Å². The van der Waals surface area contributed by atoms with Crippen LogP contribution in [0, 0.1) is 27.7 Å². The fourth-order valence-corrected chi connectivity index (χ4v) is 3.70. The number of carbonyl (C=O) groups is 3. The van der Waals surface area contributed by atoms with E-state index in [0.717, 1.165) is 33.4 Å². The summed E-state index contributed by atoms with van der Waals surface area (Å²) in [5, 5.41) is 0. The molecule has 1 aromatic carbocycles. The Morgan fingerprint density at radius 1 is 0.857 bits per heavy atom. The fourth-order valence-electron chi connectivity index (χ4n) is 3.70. The summed E-state index contributed by atoms with van der Waals surface area (Å²) in [6.07, 6.45) is 0.888. The molecule has 0 radical (unpaired) electrons. The van der Waals surface area contributed by atoms with Crippen molar-refractivity contribution in [1.82, 2.24) is 0 Å². The summed E-state index contributed by atoms with van der Waals surface area (Å²) in [5.74, 6) is -0.00531. The zero-order valence-corrected chi connectivity index (χ0v) is 13.4. The molecule has 0 aliphatic heterocycles. The first-order valence-corrected chi connectivity index (χ1v) is 7.38.